The number of hydrogen-bond acceptors (Lipinski definition) is 14. The van der Waals surface area contributed by atoms with Crippen LogP contribution < -0.4 is 21.3 Å². The first-order valence-electron chi connectivity index (χ1n) is 21.2. The number of carbonyl (C=O) groups excluding carboxylic acids is 8. The summed E-state index contributed by atoms with van der Waals surface area (Å²) < 4.78 is 10.1. The third kappa shape index (κ3) is 13.1. The van der Waals surface area contributed by atoms with Crippen LogP contribution in [0.3, 0.4) is 0 Å². The largest absolute Gasteiger partial charge is 0.466 e. The average molecular weight is 849 g/mol. The van der Waals surface area contributed by atoms with Gasteiger partial charge in [-0.3, -0.25) is 38.7 Å². The van der Waals surface area contributed by atoms with E-state index in [9.17, 15) is 38.4 Å². The summed E-state index contributed by atoms with van der Waals surface area (Å²) in [5, 5.41) is 11.2. The van der Waals surface area contributed by atoms with Crippen LogP contribution in [0.5, 0.6) is 0 Å². The predicted molar refractivity (Wildman–Crippen MR) is 219 cm³/mol. The van der Waals surface area contributed by atoms with E-state index in [0.717, 1.165) is 78.0 Å². The number of hydrogen-bond donors (Lipinski definition) is 4. The standard InChI is InChI=1S/C16H27N3O4.C13H22N4O4.C11H19N3O2/c1-15(2,3)23-12(20)10-16(4)13(21)19(14(22)17-16)11-18-8-6-5-7-9-18;1-3-21-10(18)8-13(2)11(19)17(12(20)15-13)9-16-6-4-14-5-7-16;1-11(2)9(15)14(10(16)12-11)8-13-6-4-3-5-7-13/h5-11H2,1-4H3,(H,17,22);14H,3-9H2,1-2H3,(H,15,20);3-8H2,1-2H3,(H,12,16). The topological polar surface area (TPSA) is 223 Å². The SMILES string of the molecule is CC(C)(C)OC(=O)CC1(C)NC(=O)N(CN2CCCCC2)C1=O.CC1(C)NC(=O)N(CN2CCCCC2)C1=O.CCOC(=O)CC1(C)NC(=O)N(CN2CCNCC2)C1=O. The van der Waals surface area contributed by atoms with Crippen molar-refractivity contribution in [2.75, 3.05) is 79.0 Å². The van der Waals surface area contributed by atoms with E-state index >= 15 is 0 Å². The van der Waals surface area contributed by atoms with Crippen LogP contribution >= 0.6 is 0 Å². The van der Waals surface area contributed by atoms with Gasteiger partial charge in [-0.1, -0.05) is 12.8 Å². The van der Waals surface area contributed by atoms with E-state index in [1.54, 1.807) is 55.4 Å². The highest BCUT2D eigenvalue weighted by Gasteiger charge is 2.51. The lowest BCUT2D eigenvalue weighted by Gasteiger charge is -2.30. The van der Waals surface area contributed by atoms with Gasteiger partial charge in [0.2, 0.25) is 0 Å². The smallest absolute Gasteiger partial charge is 0.326 e. The molecule has 6 fully saturated rings. The fourth-order valence-corrected chi connectivity index (χ4v) is 7.76. The monoisotopic (exact) mass is 849 g/mol. The van der Waals surface area contributed by atoms with E-state index in [0.29, 0.717) is 6.67 Å². The van der Waals surface area contributed by atoms with Gasteiger partial charge in [0, 0.05) is 26.2 Å². The third-order valence-corrected chi connectivity index (χ3v) is 11.0. The molecule has 338 valence electrons. The highest BCUT2D eigenvalue weighted by molar-refractivity contribution is 6.09. The molecule has 0 aromatic carbocycles. The molecule has 0 bridgehead atoms. The van der Waals surface area contributed by atoms with Crippen molar-refractivity contribution in [1.29, 1.82) is 0 Å². The fraction of sp³-hybridized carbons (Fsp3) is 0.800. The van der Waals surface area contributed by atoms with Crippen LogP contribution in [0.15, 0.2) is 0 Å². The Balaban J connectivity index is 0.000000201. The first kappa shape index (κ1) is 48.3. The van der Waals surface area contributed by atoms with Crippen molar-refractivity contribution in [3.8, 4) is 0 Å². The number of piperidine rings is 2. The molecule has 60 heavy (non-hydrogen) atoms. The molecule has 0 spiro atoms. The van der Waals surface area contributed by atoms with Crippen LogP contribution in [0.4, 0.5) is 14.4 Å². The molecule has 6 rings (SSSR count). The lowest BCUT2D eigenvalue weighted by atomic mass is 9.98. The summed E-state index contributed by atoms with van der Waals surface area (Å²) >= 11 is 0. The molecule has 0 saturated carbocycles. The van der Waals surface area contributed by atoms with Gasteiger partial charge >= 0.3 is 30.0 Å². The van der Waals surface area contributed by atoms with Crippen molar-refractivity contribution >= 4 is 47.8 Å². The summed E-state index contributed by atoms with van der Waals surface area (Å²) in [5.74, 6) is -1.84. The Bertz CT molecular complexity index is 1600. The lowest BCUT2D eigenvalue weighted by molar-refractivity contribution is -0.158. The van der Waals surface area contributed by atoms with Crippen LogP contribution in [0, 0.1) is 0 Å². The van der Waals surface area contributed by atoms with Crippen molar-refractivity contribution in [2.45, 2.75) is 129 Å². The lowest BCUT2D eigenvalue weighted by Crippen LogP contribution is -2.50. The molecule has 9 amide bonds. The summed E-state index contributed by atoms with van der Waals surface area (Å²) in [6.45, 7) is 21.8. The van der Waals surface area contributed by atoms with Crippen LogP contribution in [0.25, 0.3) is 0 Å². The molecule has 0 aromatic rings. The van der Waals surface area contributed by atoms with Crippen LogP contribution in [-0.2, 0) is 33.4 Å². The number of urea groups is 3. The van der Waals surface area contributed by atoms with Gasteiger partial charge < -0.3 is 30.7 Å². The molecule has 0 aromatic heterocycles. The Labute approximate surface area is 353 Å². The molecular formula is C40H68N10O10. The van der Waals surface area contributed by atoms with E-state index in [-0.39, 0.29) is 56.5 Å². The Morgan fingerprint density at radius 1 is 0.567 bits per heavy atom. The first-order chi connectivity index (χ1) is 28.1. The molecule has 2 atom stereocenters. The molecule has 0 aliphatic carbocycles. The van der Waals surface area contributed by atoms with Gasteiger partial charge in [0.25, 0.3) is 17.7 Å². The molecule has 6 saturated heterocycles. The number of piperazine rings is 1. The molecule has 0 radical (unpaired) electrons. The molecule has 6 heterocycles. The molecule has 6 aliphatic heterocycles. The minimum Gasteiger partial charge on any atom is -0.466 e. The van der Waals surface area contributed by atoms with Crippen LogP contribution in [-0.4, -0.2) is 178 Å². The Kier molecular flexibility index (Phi) is 16.4. The Morgan fingerprint density at radius 3 is 1.33 bits per heavy atom. The van der Waals surface area contributed by atoms with E-state index in [1.165, 1.54) is 27.5 Å². The number of nitrogens with zero attached hydrogens (tertiary/aromatic N) is 6. The zero-order valence-electron chi connectivity index (χ0n) is 36.9. The molecule has 6 aliphatic rings. The normalized spacial score (nSPS) is 26.4. The molecule has 4 N–H and O–H groups in total. The number of imide groups is 3. The maximum atomic E-state index is 12.6. The molecule has 20 nitrogen and oxygen atoms in total. The number of esters is 2. The van der Waals surface area contributed by atoms with Crippen molar-refractivity contribution in [3.05, 3.63) is 0 Å². The van der Waals surface area contributed by atoms with Gasteiger partial charge in [0.05, 0.1) is 39.5 Å². The van der Waals surface area contributed by atoms with E-state index in [1.807, 2.05) is 4.90 Å². The van der Waals surface area contributed by atoms with E-state index < -0.39 is 46.2 Å². The Hall–Kier alpha value is -4.40. The minimum absolute atomic E-state index is 0.122. The number of ether oxygens (including phenoxy) is 2. The van der Waals surface area contributed by atoms with Gasteiger partial charge in [-0.15, -0.1) is 0 Å². The third-order valence-electron chi connectivity index (χ3n) is 11.0. The van der Waals surface area contributed by atoms with Crippen molar-refractivity contribution < 1.29 is 47.8 Å². The fourth-order valence-electron chi connectivity index (χ4n) is 7.76. The second-order valence-corrected chi connectivity index (χ2v) is 18.2. The molecule has 20 heteroatoms. The minimum atomic E-state index is -1.23. The zero-order chi connectivity index (χ0) is 44.5. The number of rotatable bonds is 11. The highest BCUT2D eigenvalue weighted by atomic mass is 16.6. The summed E-state index contributed by atoms with van der Waals surface area (Å²) in [7, 11) is 0. The zero-order valence-corrected chi connectivity index (χ0v) is 36.9. The first-order valence-corrected chi connectivity index (χ1v) is 21.2. The molecule has 2 unspecified atom stereocenters. The van der Waals surface area contributed by atoms with Gasteiger partial charge in [0.1, 0.15) is 22.2 Å². The number of amides is 9. The second kappa shape index (κ2) is 20.4. The summed E-state index contributed by atoms with van der Waals surface area (Å²) in [4.78, 5) is 106. The van der Waals surface area contributed by atoms with Crippen molar-refractivity contribution in [3.63, 3.8) is 0 Å². The summed E-state index contributed by atoms with van der Waals surface area (Å²) in [6, 6.07) is -1.16. The van der Waals surface area contributed by atoms with Crippen molar-refractivity contribution in [1.82, 2.24) is 50.7 Å². The number of carbonyl (C=O) groups is 8. The maximum absolute atomic E-state index is 12.6. The van der Waals surface area contributed by atoms with Crippen molar-refractivity contribution in [2.24, 2.45) is 0 Å². The predicted octanol–water partition coefficient (Wildman–Crippen LogP) is 1.35. The molecular weight excluding hydrogens is 780 g/mol. The Morgan fingerprint density at radius 2 is 0.950 bits per heavy atom. The summed E-state index contributed by atoms with van der Waals surface area (Å²) in [6.07, 6.45) is 6.61. The maximum Gasteiger partial charge on any atom is 0.326 e. The average Bonchev–Trinajstić information content (AvgIpc) is 3.60. The quantitative estimate of drug-likeness (QED) is 0.170. The van der Waals surface area contributed by atoms with Crippen LogP contribution in [0.2, 0.25) is 0 Å². The highest BCUT2D eigenvalue weighted by Crippen LogP contribution is 2.25. The van der Waals surface area contributed by atoms with Gasteiger partial charge in [0.15, 0.2) is 0 Å². The van der Waals surface area contributed by atoms with E-state index in [2.05, 4.69) is 31.1 Å². The number of likely N-dealkylation sites (tertiary alicyclic amines) is 2. The van der Waals surface area contributed by atoms with Gasteiger partial charge in [-0.2, -0.15) is 0 Å². The summed E-state index contributed by atoms with van der Waals surface area (Å²) in [5.41, 5.74) is -3.80. The second-order valence-electron chi connectivity index (χ2n) is 18.2. The van der Waals surface area contributed by atoms with Gasteiger partial charge in [-0.05, 0) is 107 Å². The number of nitrogens with one attached hydrogen (secondary N) is 4. The van der Waals surface area contributed by atoms with Crippen LogP contribution in [0.1, 0.15) is 107 Å². The van der Waals surface area contributed by atoms with Gasteiger partial charge in [-0.25, -0.2) is 29.1 Å². The van der Waals surface area contributed by atoms with E-state index in [4.69, 9.17) is 9.47 Å².